The third kappa shape index (κ3) is 4.16. The Kier molecular flexibility index (Phi) is 4.42. The average molecular weight is 308 g/mol. The van der Waals surface area contributed by atoms with E-state index in [1.807, 2.05) is 0 Å². The van der Waals surface area contributed by atoms with Crippen molar-refractivity contribution in [2.75, 3.05) is 23.9 Å². The fraction of sp³-hybridized carbons (Fsp3) is 0.286. The summed E-state index contributed by atoms with van der Waals surface area (Å²) in [5, 5.41) is 12.8. The van der Waals surface area contributed by atoms with E-state index in [0.717, 1.165) is 0 Å². The van der Waals surface area contributed by atoms with Crippen LogP contribution in [-0.2, 0) is 9.84 Å². The number of hydrogen-bond acceptors (Lipinski definition) is 5. The number of sulfone groups is 1. The van der Waals surface area contributed by atoms with Crippen molar-refractivity contribution in [3.8, 4) is 0 Å². The second-order valence-electron chi connectivity index (χ2n) is 4.79. The number of benzene rings is 1. The van der Waals surface area contributed by atoms with Crippen molar-refractivity contribution in [3.05, 3.63) is 35.9 Å². The molecule has 1 aromatic heterocycles. The lowest BCUT2D eigenvalue weighted by Gasteiger charge is -2.08. The van der Waals surface area contributed by atoms with Crippen LogP contribution in [0.15, 0.2) is 30.3 Å². The van der Waals surface area contributed by atoms with Gasteiger partial charge < -0.3 is 10.4 Å². The van der Waals surface area contributed by atoms with Crippen LogP contribution in [0.2, 0.25) is 0 Å². The van der Waals surface area contributed by atoms with Gasteiger partial charge in [-0.15, -0.1) is 0 Å². The van der Waals surface area contributed by atoms with Gasteiger partial charge in [0.2, 0.25) is 0 Å². The van der Waals surface area contributed by atoms with Gasteiger partial charge in [0.25, 0.3) is 0 Å². The molecule has 0 unspecified atom stereocenters. The standard InChI is InChI=1S/C14H16N2O4S/c1-21(19,20)8-4-7-15-13-9-11(14(17)18)10-5-2-3-6-12(10)16-13/h2-3,5-6,9H,4,7-8H2,1H3,(H,15,16)(H,17,18). The van der Waals surface area contributed by atoms with E-state index in [2.05, 4.69) is 10.3 Å². The van der Waals surface area contributed by atoms with Crippen LogP contribution in [0.3, 0.4) is 0 Å². The molecule has 0 radical (unpaired) electrons. The fourth-order valence-electron chi connectivity index (χ4n) is 1.99. The molecule has 0 aliphatic carbocycles. The second kappa shape index (κ2) is 6.09. The highest BCUT2D eigenvalue weighted by molar-refractivity contribution is 7.90. The molecule has 0 fully saturated rings. The van der Waals surface area contributed by atoms with E-state index in [-0.39, 0.29) is 11.3 Å². The van der Waals surface area contributed by atoms with Crippen LogP contribution >= 0.6 is 0 Å². The summed E-state index contributed by atoms with van der Waals surface area (Å²) in [6.45, 7) is 0.414. The number of fused-ring (bicyclic) bond motifs is 1. The zero-order chi connectivity index (χ0) is 15.5. The van der Waals surface area contributed by atoms with Crippen LogP contribution in [0.4, 0.5) is 5.82 Å². The third-order valence-electron chi connectivity index (χ3n) is 2.94. The summed E-state index contributed by atoms with van der Waals surface area (Å²) < 4.78 is 22.1. The van der Waals surface area contributed by atoms with Crippen LogP contribution < -0.4 is 5.32 Å². The number of rotatable bonds is 6. The Labute approximate surface area is 122 Å². The molecule has 112 valence electrons. The largest absolute Gasteiger partial charge is 0.478 e. The first-order chi connectivity index (χ1) is 9.87. The number of nitrogens with zero attached hydrogens (tertiary/aromatic N) is 1. The first kappa shape index (κ1) is 15.2. The van der Waals surface area contributed by atoms with E-state index < -0.39 is 15.8 Å². The van der Waals surface area contributed by atoms with Crippen molar-refractivity contribution in [2.45, 2.75) is 6.42 Å². The number of para-hydroxylation sites is 1. The number of carboxylic acid groups (broad SMARTS) is 1. The maximum absolute atomic E-state index is 11.3. The van der Waals surface area contributed by atoms with Crippen molar-refractivity contribution in [2.24, 2.45) is 0 Å². The summed E-state index contributed by atoms with van der Waals surface area (Å²) in [5.41, 5.74) is 0.759. The quantitative estimate of drug-likeness (QED) is 0.790. The summed E-state index contributed by atoms with van der Waals surface area (Å²) >= 11 is 0. The van der Waals surface area contributed by atoms with Crippen molar-refractivity contribution in [3.63, 3.8) is 0 Å². The van der Waals surface area contributed by atoms with E-state index >= 15 is 0 Å². The molecular formula is C14H16N2O4S. The summed E-state index contributed by atoms with van der Waals surface area (Å²) in [7, 11) is -2.99. The Balaban J connectivity index is 2.19. The number of nitrogens with one attached hydrogen (secondary N) is 1. The van der Waals surface area contributed by atoms with Gasteiger partial charge >= 0.3 is 5.97 Å². The van der Waals surface area contributed by atoms with Gasteiger partial charge in [-0.3, -0.25) is 0 Å². The van der Waals surface area contributed by atoms with Gasteiger partial charge in [0.15, 0.2) is 0 Å². The number of aromatic nitrogens is 1. The zero-order valence-electron chi connectivity index (χ0n) is 11.5. The van der Waals surface area contributed by atoms with E-state index in [0.29, 0.717) is 29.7 Å². The number of anilines is 1. The van der Waals surface area contributed by atoms with Gasteiger partial charge in [-0.2, -0.15) is 0 Å². The van der Waals surface area contributed by atoms with Crippen LogP contribution in [0.5, 0.6) is 0 Å². The number of pyridine rings is 1. The van der Waals surface area contributed by atoms with Crippen molar-refractivity contribution >= 4 is 32.5 Å². The lowest BCUT2D eigenvalue weighted by atomic mass is 10.1. The van der Waals surface area contributed by atoms with E-state index in [1.54, 1.807) is 24.3 Å². The molecule has 0 saturated heterocycles. The minimum absolute atomic E-state index is 0.0827. The molecule has 0 amide bonds. The molecule has 0 spiro atoms. The Morgan fingerprint density at radius 3 is 2.71 bits per heavy atom. The molecule has 0 aliphatic rings. The predicted molar refractivity (Wildman–Crippen MR) is 81.5 cm³/mol. The van der Waals surface area contributed by atoms with Gasteiger partial charge in [-0.1, -0.05) is 18.2 Å². The number of carboxylic acids is 1. The van der Waals surface area contributed by atoms with E-state index in [4.69, 9.17) is 0 Å². The lowest BCUT2D eigenvalue weighted by Crippen LogP contribution is -2.11. The number of carbonyl (C=O) groups is 1. The van der Waals surface area contributed by atoms with Gasteiger partial charge in [0.1, 0.15) is 15.7 Å². The average Bonchev–Trinajstić information content (AvgIpc) is 2.41. The third-order valence-corrected chi connectivity index (χ3v) is 3.97. The SMILES string of the molecule is CS(=O)(=O)CCCNc1cc(C(=O)O)c2ccccc2n1. The molecule has 2 N–H and O–H groups in total. The van der Waals surface area contributed by atoms with Crippen molar-refractivity contribution in [1.29, 1.82) is 0 Å². The van der Waals surface area contributed by atoms with Crippen LogP contribution in [0, 0.1) is 0 Å². The monoisotopic (exact) mass is 308 g/mol. The molecule has 2 rings (SSSR count). The maximum Gasteiger partial charge on any atom is 0.336 e. The molecule has 0 aliphatic heterocycles. The number of hydrogen-bond donors (Lipinski definition) is 2. The molecule has 0 bridgehead atoms. The molecule has 1 aromatic carbocycles. The van der Waals surface area contributed by atoms with Crippen LogP contribution in [0.25, 0.3) is 10.9 Å². The number of aromatic carboxylic acids is 1. The first-order valence-corrected chi connectivity index (χ1v) is 8.47. The highest BCUT2D eigenvalue weighted by Crippen LogP contribution is 2.20. The summed E-state index contributed by atoms with van der Waals surface area (Å²) in [5.74, 6) is -0.508. The molecule has 1 heterocycles. The molecule has 7 heteroatoms. The molecule has 2 aromatic rings. The van der Waals surface area contributed by atoms with Crippen LogP contribution in [-0.4, -0.2) is 43.0 Å². The summed E-state index contributed by atoms with van der Waals surface area (Å²) in [6.07, 6.45) is 1.62. The van der Waals surface area contributed by atoms with E-state index in [9.17, 15) is 18.3 Å². The Morgan fingerprint density at radius 1 is 1.33 bits per heavy atom. The molecular weight excluding hydrogens is 292 g/mol. The van der Waals surface area contributed by atoms with Gasteiger partial charge in [0.05, 0.1) is 16.8 Å². The molecule has 0 atom stereocenters. The lowest BCUT2D eigenvalue weighted by molar-refractivity contribution is 0.0699. The predicted octanol–water partition coefficient (Wildman–Crippen LogP) is 1.78. The van der Waals surface area contributed by atoms with E-state index in [1.165, 1.54) is 12.3 Å². The topological polar surface area (TPSA) is 96.4 Å². The summed E-state index contributed by atoms with van der Waals surface area (Å²) in [6, 6.07) is 8.46. The molecule has 21 heavy (non-hydrogen) atoms. The summed E-state index contributed by atoms with van der Waals surface area (Å²) in [4.78, 5) is 15.6. The van der Waals surface area contributed by atoms with Gasteiger partial charge in [-0.05, 0) is 18.6 Å². The van der Waals surface area contributed by atoms with Gasteiger partial charge in [0, 0.05) is 18.2 Å². The highest BCUT2D eigenvalue weighted by atomic mass is 32.2. The minimum Gasteiger partial charge on any atom is -0.478 e. The second-order valence-corrected chi connectivity index (χ2v) is 7.05. The van der Waals surface area contributed by atoms with Crippen LogP contribution in [0.1, 0.15) is 16.8 Å². The smallest absolute Gasteiger partial charge is 0.336 e. The molecule has 6 nitrogen and oxygen atoms in total. The normalized spacial score (nSPS) is 11.5. The van der Waals surface area contributed by atoms with Crippen molar-refractivity contribution in [1.82, 2.24) is 4.98 Å². The first-order valence-electron chi connectivity index (χ1n) is 6.41. The minimum atomic E-state index is -2.99. The Morgan fingerprint density at radius 2 is 2.05 bits per heavy atom. The van der Waals surface area contributed by atoms with Crippen molar-refractivity contribution < 1.29 is 18.3 Å². The zero-order valence-corrected chi connectivity index (χ0v) is 12.4. The Hall–Kier alpha value is -2.15. The molecule has 0 saturated carbocycles. The highest BCUT2D eigenvalue weighted by Gasteiger charge is 2.11. The fourth-order valence-corrected chi connectivity index (χ4v) is 2.66. The van der Waals surface area contributed by atoms with Gasteiger partial charge in [-0.25, -0.2) is 18.2 Å². The maximum atomic E-state index is 11.3. The Bertz CT molecular complexity index is 772.